The Morgan fingerprint density at radius 1 is 1.25 bits per heavy atom. The summed E-state index contributed by atoms with van der Waals surface area (Å²) in [4.78, 5) is 22.1. The van der Waals surface area contributed by atoms with E-state index < -0.39 is 12.0 Å². The van der Waals surface area contributed by atoms with Gasteiger partial charge in [-0.25, -0.2) is 0 Å². The van der Waals surface area contributed by atoms with Gasteiger partial charge in [-0.1, -0.05) is 13.3 Å². The summed E-state index contributed by atoms with van der Waals surface area (Å²) in [5.41, 5.74) is 5.60. The average Bonchev–Trinajstić information content (AvgIpc) is 2.16. The number of amides is 1. The van der Waals surface area contributed by atoms with Crippen molar-refractivity contribution in [1.82, 2.24) is 5.32 Å². The minimum absolute atomic E-state index is 0.146. The minimum Gasteiger partial charge on any atom is -0.480 e. The van der Waals surface area contributed by atoms with Gasteiger partial charge in [0.2, 0.25) is 5.91 Å². The quantitative estimate of drug-likeness (QED) is 0.601. The van der Waals surface area contributed by atoms with Gasteiger partial charge in [-0.05, 0) is 26.7 Å². The zero-order valence-electron chi connectivity index (χ0n) is 10.2. The molecule has 0 radical (unpaired) electrons. The van der Waals surface area contributed by atoms with Gasteiger partial charge < -0.3 is 16.2 Å². The summed E-state index contributed by atoms with van der Waals surface area (Å²) in [5, 5.41) is 11.1. The first kappa shape index (κ1) is 14.9. The monoisotopic (exact) mass is 230 g/mol. The first-order valence-corrected chi connectivity index (χ1v) is 5.63. The zero-order chi connectivity index (χ0) is 12.7. The Hall–Kier alpha value is -1.10. The van der Waals surface area contributed by atoms with Crippen molar-refractivity contribution >= 4 is 11.9 Å². The van der Waals surface area contributed by atoms with E-state index in [1.165, 1.54) is 6.92 Å². The van der Waals surface area contributed by atoms with Crippen molar-refractivity contribution in [3.8, 4) is 0 Å². The molecule has 0 rings (SSSR count). The van der Waals surface area contributed by atoms with Gasteiger partial charge in [-0.3, -0.25) is 9.59 Å². The molecule has 3 atom stereocenters. The van der Waals surface area contributed by atoms with Crippen LogP contribution in [0.3, 0.4) is 0 Å². The van der Waals surface area contributed by atoms with Crippen molar-refractivity contribution in [1.29, 1.82) is 0 Å². The second kappa shape index (κ2) is 7.22. The molecule has 0 aliphatic heterocycles. The van der Waals surface area contributed by atoms with Gasteiger partial charge in [0.05, 0.1) is 0 Å². The van der Waals surface area contributed by atoms with Crippen LogP contribution < -0.4 is 11.1 Å². The molecule has 0 aromatic carbocycles. The normalized spacial score (nSPS) is 16.2. The highest BCUT2D eigenvalue weighted by Gasteiger charge is 2.18. The van der Waals surface area contributed by atoms with Gasteiger partial charge in [0, 0.05) is 12.0 Å². The summed E-state index contributed by atoms with van der Waals surface area (Å²) < 4.78 is 0. The smallest absolute Gasteiger partial charge is 0.325 e. The number of hydrogen-bond donors (Lipinski definition) is 3. The lowest BCUT2D eigenvalue weighted by atomic mass is 10.0. The number of rotatable bonds is 7. The second-order valence-corrected chi connectivity index (χ2v) is 4.38. The molecule has 5 heteroatoms. The molecule has 94 valence electrons. The van der Waals surface area contributed by atoms with E-state index >= 15 is 0 Å². The Labute approximate surface area is 96.4 Å². The van der Waals surface area contributed by atoms with E-state index in [0.717, 1.165) is 19.3 Å². The first-order valence-electron chi connectivity index (χ1n) is 5.63. The Kier molecular flexibility index (Phi) is 6.72. The number of carboxylic acids is 1. The summed E-state index contributed by atoms with van der Waals surface area (Å²) in [6.07, 6.45) is 2.50. The maximum absolute atomic E-state index is 11.5. The Balaban J connectivity index is 3.86. The number of carbonyl (C=O) groups is 2. The van der Waals surface area contributed by atoms with Crippen molar-refractivity contribution < 1.29 is 14.7 Å². The highest BCUT2D eigenvalue weighted by molar-refractivity contribution is 5.84. The molecule has 1 amide bonds. The first-order chi connectivity index (χ1) is 7.34. The Morgan fingerprint density at radius 2 is 1.81 bits per heavy atom. The second-order valence-electron chi connectivity index (χ2n) is 4.38. The van der Waals surface area contributed by atoms with Crippen LogP contribution in [0.25, 0.3) is 0 Å². The predicted molar refractivity (Wildman–Crippen MR) is 61.9 cm³/mol. The van der Waals surface area contributed by atoms with E-state index in [2.05, 4.69) is 5.32 Å². The van der Waals surface area contributed by atoms with Crippen LogP contribution in [0.15, 0.2) is 0 Å². The molecule has 0 spiro atoms. The standard InChI is InChI=1S/C11H22N2O3/c1-7(5-4-6-8(2)12)10(14)13-9(3)11(15)16/h7-9H,4-6,12H2,1-3H3,(H,13,14)(H,15,16). The maximum atomic E-state index is 11.5. The molecule has 3 unspecified atom stereocenters. The predicted octanol–water partition coefficient (Wildman–Crippen LogP) is 0.729. The number of hydrogen-bond acceptors (Lipinski definition) is 3. The summed E-state index contributed by atoms with van der Waals surface area (Å²) in [5.74, 6) is -1.39. The summed E-state index contributed by atoms with van der Waals surface area (Å²) in [6.45, 7) is 5.18. The highest BCUT2D eigenvalue weighted by atomic mass is 16.4. The zero-order valence-corrected chi connectivity index (χ0v) is 10.2. The SMILES string of the molecule is CC(N)CCCC(C)C(=O)NC(C)C(=O)O. The topological polar surface area (TPSA) is 92.4 Å². The van der Waals surface area contributed by atoms with Gasteiger partial charge in [0.1, 0.15) is 6.04 Å². The lowest BCUT2D eigenvalue weighted by Crippen LogP contribution is -2.41. The number of carbonyl (C=O) groups excluding carboxylic acids is 1. The lowest BCUT2D eigenvalue weighted by Gasteiger charge is -2.15. The molecule has 0 aromatic rings. The maximum Gasteiger partial charge on any atom is 0.325 e. The Morgan fingerprint density at radius 3 is 2.25 bits per heavy atom. The third kappa shape index (κ3) is 6.40. The molecule has 0 bridgehead atoms. The summed E-state index contributed by atoms with van der Waals surface area (Å²) >= 11 is 0. The van der Waals surface area contributed by atoms with Crippen LogP contribution in [0.2, 0.25) is 0 Å². The molecule has 0 fully saturated rings. The number of nitrogens with two attached hydrogens (primary N) is 1. The van der Waals surface area contributed by atoms with Crippen LogP contribution in [-0.2, 0) is 9.59 Å². The van der Waals surface area contributed by atoms with Gasteiger partial charge in [0.15, 0.2) is 0 Å². The van der Waals surface area contributed by atoms with Crippen LogP contribution in [0.5, 0.6) is 0 Å². The van der Waals surface area contributed by atoms with Gasteiger partial charge >= 0.3 is 5.97 Å². The van der Waals surface area contributed by atoms with E-state index in [-0.39, 0.29) is 17.9 Å². The number of nitrogens with one attached hydrogen (secondary N) is 1. The van der Waals surface area contributed by atoms with E-state index in [0.29, 0.717) is 0 Å². The van der Waals surface area contributed by atoms with E-state index in [1.54, 1.807) is 6.92 Å². The fraction of sp³-hybridized carbons (Fsp3) is 0.818. The third-order valence-electron chi connectivity index (χ3n) is 2.47. The number of carboxylic acid groups (broad SMARTS) is 1. The lowest BCUT2D eigenvalue weighted by molar-refractivity contribution is -0.141. The molecule has 0 aliphatic rings. The van der Waals surface area contributed by atoms with Crippen LogP contribution in [-0.4, -0.2) is 29.1 Å². The van der Waals surface area contributed by atoms with Crippen LogP contribution in [0, 0.1) is 5.92 Å². The van der Waals surface area contributed by atoms with E-state index in [4.69, 9.17) is 10.8 Å². The van der Waals surface area contributed by atoms with E-state index in [1.807, 2.05) is 6.92 Å². The van der Waals surface area contributed by atoms with Crippen molar-refractivity contribution in [3.05, 3.63) is 0 Å². The highest BCUT2D eigenvalue weighted by Crippen LogP contribution is 2.09. The largest absolute Gasteiger partial charge is 0.480 e. The molecule has 4 N–H and O–H groups in total. The molecule has 5 nitrogen and oxygen atoms in total. The molecule has 0 heterocycles. The minimum atomic E-state index is -1.02. The molecular formula is C11H22N2O3. The van der Waals surface area contributed by atoms with Gasteiger partial charge in [-0.15, -0.1) is 0 Å². The Bertz CT molecular complexity index is 241. The fourth-order valence-electron chi connectivity index (χ4n) is 1.29. The molecule has 16 heavy (non-hydrogen) atoms. The van der Waals surface area contributed by atoms with Crippen LogP contribution in [0.1, 0.15) is 40.0 Å². The summed E-state index contributed by atoms with van der Waals surface area (Å²) in [7, 11) is 0. The van der Waals surface area contributed by atoms with Crippen molar-refractivity contribution in [2.45, 2.75) is 52.1 Å². The average molecular weight is 230 g/mol. The molecule has 0 aromatic heterocycles. The van der Waals surface area contributed by atoms with Crippen LogP contribution in [0.4, 0.5) is 0 Å². The van der Waals surface area contributed by atoms with Gasteiger partial charge in [-0.2, -0.15) is 0 Å². The fourth-order valence-corrected chi connectivity index (χ4v) is 1.29. The van der Waals surface area contributed by atoms with Crippen molar-refractivity contribution in [2.75, 3.05) is 0 Å². The molecular weight excluding hydrogens is 208 g/mol. The van der Waals surface area contributed by atoms with Crippen molar-refractivity contribution in [3.63, 3.8) is 0 Å². The van der Waals surface area contributed by atoms with Gasteiger partial charge in [0.25, 0.3) is 0 Å². The molecule has 0 saturated carbocycles. The molecule has 0 saturated heterocycles. The van der Waals surface area contributed by atoms with E-state index in [9.17, 15) is 9.59 Å². The number of aliphatic carboxylic acids is 1. The van der Waals surface area contributed by atoms with Crippen LogP contribution >= 0.6 is 0 Å². The third-order valence-corrected chi connectivity index (χ3v) is 2.47. The summed E-state index contributed by atoms with van der Waals surface area (Å²) in [6, 6.07) is -0.684. The molecule has 0 aliphatic carbocycles. The van der Waals surface area contributed by atoms with Crippen molar-refractivity contribution in [2.24, 2.45) is 11.7 Å².